The number of aryl methyl sites for hydroxylation is 1. The first-order valence-electron chi connectivity index (χ1n) is 7.72. The van der Waals surface area contributed by atoms with Crippen LogP contribution in [0.2, 0.25) is 0 Å². The summed E-state index contributed by atoms with van der Waals surface area (Å²) >= 11 is 0. The Hall–Kier alpha value is -0.900. The first kappa shape index (κ1) is 15.5. The molecular formula is C17H29N3. The first-order chi connectivity index (χ1) is 9.50. The molecule has 3 heteroatoms. The van der Waals surface area contributed by atoms with Crippen LogP contribution < -0.4 is 5.73 Å². The molecular weight excluding hydrogens is 246 g/mol. The summed E-state index contributed by atoms with van der Waals surface area (Å²) in [5.74, 6) is 0. The van der Waals surface area contributed by atoms with E-state index in [0.29, 0.717) is 12.1 Å². The van der Waals surface area contributed by atoms with Crippen LogP contribution in [0, 0.1) is 6.92 Å². The number of nitrogens with two attached hydrogens (primary N) is 1. The summed E-state index contributed by atoms with van der Waals surface area (Å²) in [6, 6.07) is 9.80. The van der Waals surface area contributed by atoms with Crippen molar-refractivity contribution in [1.29, 1.82) is 0 Å². The zero-order valence-corrected chi connectivity index (χ0v) is 13.3. The molecule has 1 aliphatic heterocycles. The SMILES string of the molecule is Cc1ccccc1C(C(C)N)N1CCCC1CN(C)C. The fourth-order valence-electron chi connectivity index (χ4n) is 3.52. The van der Waals surface area contributed by atoms with E-state index in [1.165, 1.54) is 30.5 Å². The monoisotopic (exact) mass is 275 g/mol. The Balaban J connectivity index is 2.27. The van der Waals surface area contributed by atoms with Gasteiger partial charge < -0.3 is 10.6 Å². The van der Waals surface area contributed by atoms with Gasteiger partial charge in [0.05, 0.1) is 6.04 Å². The summed E-state index contributed by atoms with van der Waals surface area (Å²) in [7, 11) is 4.32. The number of likely N-dealkylation sites (N-methyl/N-ethyl adjacent to an activating group) is 1. The second kappa shape index (κ2) is 6.70. The molecule has 2 rings (SSSR count). The normalized spacial score (nSPS) is 23.2. The number of hydrogen-bond donors (Lipinski definition) is 1. The second-order valence-corrected chi connectivity index (χ2v) is 6.46. The highest BCUT2D eigenvalue weighted by Crippen LogP contribution is 2.33. The number of benzene rings is 1. The zero-order valence-electron chi connectivity index (χ0n) is 13.3. The molecule has 1 heterocycles. The highest BCUT2D eigenvalue weighted by molar-refractivity contribution is 5.30. The van der Waals surface area contributed by atoms with Gasteiger partial charge >= 0.3 is 0 Å². The average Bonchev–Trinajstić information content (AvgIpc) is 2.79. The number of rotatable bonds is 5. The van der Waals surface area contributed by atoms with Crippen LogP contribution in [0.3, 0.4) is 0 Å². The van der Waals surface area contributed by atoms with Gasteiger partial charge in [0.2, 0.25) is 0 Å². The zero-order chi connectivity index (χ0) is 14.7. The molecule has 0 amide bonds. The molecule has 3 atom stereocenters. The summed E-state index contributed by atoms with van der Waals surface area (Å²) < 4.78 is 0. The molecule has 20 heavy (non-hydrogen) atoms. The minimum atomic E-state index is 0.152. The van der Waals surface area contributed by atoms with Gasteiger partial charge in [0.1, 0.15) is 0 Å². The molecule has 0 radical (unpaired) electrons. The van der Waals surface area contributed by atoms with Crippen molar-refractivity contribution in [2.75, 3.05) is 27.2 Å². The van der Waals surface area contributed by atoms with E-state index < -0.39 is 0 Å². The lowest BCUT2D eigenvalue weighted by Crippen LogP contribution is -2.45. The lowest BCUT2D eigenvalue weighted by Gasteiger charge is -2.37. The predicted octanol–water partition coefficient (Wildman–Crippen LogP) is 2.41. The van der Waals surface area contributed by atoms with Crippen LogP contribution in [-0.4, -0.2) is 49.1 Å². The van der Waals surface area contributed by atoms with Gasteiger partial charge in [0.15, 0.2) is 0 Å². The first-order valence-corrected chi connectivity index (χ1v) is 7.72. The van der Waals surface area contributed by atoms with Gasteiger partial charge in [0.25, 0.3) is 0 Å². The summed E-state index contributed by atoms with van der Waals surface area (Å²) in [6.45, 7) is 6.62. The smallest absolute Gasteiger partial charge is 0.0502 e. The Kier molecular flexibility index (Phi) is 5.19. The second-order valence-electron chi connectivity index (χ2n) is 6.46. The van der Waals surface area contributed by atoms with E-state index in [1.54, 1.807) is 0 Å². The van der Waals surface area contributed by atoms with Crippen LogP contribution >= 0.6 is 0 Å². The maximum Gasteiger partial charge on any atom is 0.0502 e. The van der Waals surface area contributed by atoms with Crippen molar-refractivity contribution in [3.05, 3.63) is 35.4 Å². The van der Waals surface area contributed by atoms with E-state index in [-0.39, 0.29) is 6.04 Å². The quantitative estimate of drug-likeness (QED) is 0.895. The van der Waals surface area contributed by atoms with E-state index in [4.69, 9.17) is 5.73 Å². The van der Waals surface area contributed by atoms with E-state index in [9.17, 15) is 0 Å². The molecule has 1 fully saturated rings. The summed E-state index contributed by atoms with van der Waals surface area (Å²) in [5.41, 5.74) is 9.10. The number of likely N-dealkylation sites (tertiary alicyclic amines) is 1. The molecule has 1 aromatic carbocycles. The van der Waals surface area contributed by atoms with Gasteiger partial charge in [-0.15, -0.1) is 0 Å². The Morgan fingerprint density at radius 3 is 2.65 bits per heavy atom. The van der Waals surface area contributed by atoms with Crippen LogP contribution in [0.25, 0.3) is 0 Å². The van der Waals surface area contributed by atoms with Crippen molar-refractivity contribution in [2.45, 2.75) is 44.8 Å². The molecule has 0 aromatic heterocycles. The van der Waals surface area contributed by atoms with E-state index in [0.717, 1.165) is 6.54 Å². The molecule has 3 nitrogen and oxygen atoms in total. The molecule has 2 N–H and O–H groups in total. The van der Waals surface area contributed by atoms with Crippen LogP contribution in [0.5, 0.6) is 0 Å². The summed E-state index contributed by atoms with van der Waals surface area (Å²) in [6.07, 6.45) is 2.57. The Morgan fingerprint density at radius 2 is 2.05 bits per heavy atom. The largest absolute Gasteiger partial charge is 0.326 e. The van der Waals surface area contributed by atoms with Crippen LogP contribution in [0.4, 0.5) is 0 Å². The van der Waals surface area contributed by atoms with Gasteiger partial charge in [-0.3, -0.25) is 4.90 Å². The molecule has 0 spiro atoms. The van der Waals surface area contributed by atoms with Gasteiger partial charge in [0, 0.05) is 18.6 Å². The highest BCUT2D eigenvalue weighted by Gasteiger charge is 2.34. The Bertz CT molecular complexity index is 428. The molecule has 1 aliphatic rings. The lowest BCUT2D eigenvalue weighted by atomic mass is 9.94. The minimum absolute atomic E-state index is 0.152. The third-order valence-corrected chi connectivity index (χ3v) is 4.36. The summed E-state index contributed by atoms with van der Waals surface area (Å²) in [4.78, 5) is 4.92. The van der Waals surface area contributed by atoms with Gasteiger partial charge in [-0.05, 0) is 58.5 Å². The fraction of sp³-hybridized carbons (Fsp3) is 0.647. The third kappa shape index (κ3) is 3.40. The fourth-order valence-corrected chi connectivity index (χ4v) is 3.52. The Morgan fingerprint density at radius 1 is 1.35 bits per heavy atom. The van der Waals surface area contributed by atoms with Crippen LogP contribution in [0.15, 0.2) is 24.3 Å². The lowest BCUT2D eigenvalue weighted by molar-refractivity contribution is 0.137. The van der Waals surface area contributed by atoms with Crippen molar-refractivity contribution < 1.29 is 0 Å². The molecule has 0 saturated carbocycles. The van der Waals surface area contributed by atoms with Crippen molar-refractivity contribution in [3.8, 4) is 0 Å². The topological polar surface area (TPSA) is 32.5 Å². The molecule has 0 bridgehead atoms. The van der Waals surface area contributed by atoms with E-state index in [1.807, 2.05) is 0 Å². The van der Waals surface area contributed by atoms with Crippen molar-refractivity contribution in [3.63, 3.8) is 0 Å². The molecule has 1 saturated heterocycles. The van der Waals surface area contributed by atoms with Gasteiger partial charge in [-0.2, -0.15) is 0 Å². The summed E-state index contributed by atoms with van der Waals surface area (Å²) in [5, 5.41) is 0. The maximum atomic E-state index is 6.36. The standard InChI is InChI=1S/C17H29N3/c1-13-8-5-6-10-16(13)17(14(2)18)20-11-7-9-15(20)12-19(3)4/h5-6,8,10,14-15,17H,7,9,11-12,18H2,1-4H3. The van der Waals surface area contributed by atoms with Gasteiger partial charge in [-0.1, -0.05) is 24.3 Å². The van der Waals surface area contributed by atoms with Crippen LogP contribution in [-0.2, 0) is 0 Å². The van der Waals surface area contributed by atoms with Crippen LogP contribution in [0.1, 0.15) is 36.9 Å². The molecule has 3 unspecified atom stereocenters. The van der Waals surface area contributed by atoms with Crippen molar-refractivity contribution >= 4 is 0 Å². The van der Waals surface area contributed by atoms with Crippen molar-refractivity contribution in [2.24, 2.45) is 5.73 Å². The average molecular weight is 275 g/mol. The van der Waals surface area contributed by atoms with Gasteiger partial charge in [-0.25, -0.2) is 0 Å². The number of nitrogens with zero attached hydrogens (tertiary/aromatic N) is 2. The molecule has 1 aromatic rings. The molecule has 112 valence electrons. The van der Waals surface area contributed by atoms with E-state index in [2.05, 4.69) is 62.0 Å². The predicted molar refractivity (Wildman–Crippen MR) is 85.9 cm³/mol. The number of hydrogen-bond acceptors (Lipinski definition) is 3. The van der Waals surface area contributed by atoms with Crippen molar-refractivity contribution in [1.82, 2.24) is 9.80 Å². The molecule has 0 aliphatic carbocycles. The Labute approximate surface area is 123 Å². The highest BCUT2D eigenvalue weighted by atomic mass is 15.3. The minimum Gasteiger partial charge on any atom is -0.326 e. The maximum absolute atomic E-state index is 6.36. The van der Waals surface area contributed by atoms with E-state index >= 15 is 0 Å². The third-order valence-electron chi connectivity index (χ3n) is 4.36.